The van der Waals surface area contributed by atoms with Crippen LogP contribution in [-0.2, 0) is 13.6 Å². The van der Waals surface area contributed by atoms with Crippen LogP contribution in [0.4, 0.5) is 0 Å². The Kier molecular flexibility index (Phi) is 8.13. The third kappa shape index (κ3) is 5.73. The molecule has 1 aliphatic carbocycles. The second-order valence-electron chi connectivity index (χ2n) is 6.29. The van der Waals surface area contributed by atoms with E-state index < -0.39 is 0 Å². The second-order valence-corrected chi connectivity index (χ2v) is 6.29. The maximum Gasteiger partial charge on any atom is 0.191 e. The van der Waals surface area contributed by atoms with Crippen molar-refractivity contribution in [2.75, 3.05) is 6.54 Å². The van der Waals surface area contributed by atoms with Crippen LogP contribution >= 0.6 is 24.0 Å². The average Bonchev–Trinajstić information content (AvgIpc) is 3.06. The molecule has 1 saturated carbocycles. The molecule has 1 aliphatic rings. The molecule has 6 nitrogen and oxygen atoms in total. The van der Waals surface area contributed by atoms with E-state index in [1.54, 1.807) is 0 Å². The van der Waals surface area contributed by atoms with Gasteiger partial charge in [0.15, 0.2) is 11.8 Å². The van der Waals surface area contributed by atoms with Gasteiger partial charge in [0.25, 0.3) is 0 Å². The van der Waals surface area contributed by atoms with E-state index in [0.29, 0.717) is 18.5 Å². The quantitative estimate of drug-likeness (QED) is 0.436. The first-order valence-electron chi connectivity index (χ1n) is 7.96. The summed E-state index contributed by atoms with van der Waals surface area (Å²) < 4.78 is 1.99. The van der Waals surface area contributed by atoms with E-state index in [9.17, 15) is 0 Å². The Morgan fingerprint density at radius 1 is 1.32 bits per heavy atom. The van der Waals surface area contributed by atoms with Gasteiger partial charge in [0, 0.05) is 19.6 Å². The highest BCUT2D eigenvalue weighted by atomic mass is 127. The summed E-state index contributed by atoms with van der Waals surface area (Å²) >= 11 is 0. The van der Waals surface area contributed by atoms with Crippen LogP contribution in [0.15, 0.2) is 4.99 Å². The first kappa shape index (κ1) is 19.2. The van der Waals surface area contributed by atoms with Crippen LogP contribution in [0.2, 0.25) is 0 Å². The predicted molar refractivity (Wildman–Crippen MR) is 101 cm³/mol. The molecule has 1 fully saturated rings. The van der Waals surface area contributed by atoms with Gasteiger partial charge in [-0.25, -0.2) is 4.99 Å². The SMILES string of the molecule is Cc1nnc(CN=C(NCC(C)C)NC2CCCC2)n1C.I. The molecule has 0 unspecified atom stereocenters. The minimum Gasteiger partial charge on any atom is -0.356 e. The summed E-state index contributed by atoms with van der Waals surface area (Å²) in [4.78, 5) is 4.67. The largest absolute Gasteiger partial charge is 0.356 e. The minimum atomic E-state index is 0. The number of aromatic nitrogens is 3. The van der Waals surface area contributed by atoms with Crippen molar-refractivity contribution >= 4 is 29.9 Å². The number of aryl methyl sites for hydroxylation is 1. The number of guanidine groups is 1. The van der Waals surface area contributed by atoms with Crippen molar-refractivity contribution in [3.05, 3.63) is 11.6 Å². The van der Waals surface area contributed by atoms with Gasteiger partial charge in [0.1, 0.15) is 12.4 Å². The van der Waals surface area contributed by atoms with Crippen molar-refractivity contribution < 1.29 is 0 Å². The summed E-state index contributed by atoms with van der Waals surface area (Å²) in [5.74, 6) is 3.30. The number of rotatable bonds is 5. The zero-order valence-corrected chi connectivity index (χ0v) is 16.4. The van der Waals surface area contributed by atoms with E-state index in [1.807, 2.05) is 18.5 Å². The molecule has 2 rings (SSSR count). The fourth-order valence-corrected chi connectivity index (χ4v) is 2.46. The lowest BCUT2D eigenvalue weighted by Gasteiger charge is -2.18. The molecule has 0 aromatic carbocycles. The van der Waals surface area contributed by atoms with Gasteiger partial charge >= 0.3 is 0 Å². The van der Waals surface area contributed by atoms with Crippen molar-refractivity contribution in [1.29, 1.82) is 0 Å². The second kappa shape index (κ2) is 9.32. The predicted octanol–water partition coefficient (Wildman–Crippen LogP) is 2.38. The van der Waals surface area contributed by atoms with E-state index in [2.05, 4.69) is 39.7 Å². The highest BCUT2D eigenvalue weighted by molar-refractivity contribution is 14.0. The van der Waals surface area contributed by atoms with Crippen LogP contribution in [0, 0.1) is 12.8 Å². The number of halogens is 1. The number of nitrogens with one attached hydrogen (secondary N) is 2. The molecule has 22 heavy (non-hydrogen) atoms. The molecule has 7 heteroatoms. The number of nitrogens with zero attached hydrogens (tertiary/aromatic N) is 4. The number of aliphatic imine (C=N–C) groups is 1. The van der Waals surface area contributed by atoms with E-state index in [1.165, 1.54) is 25.7 Å². The molecule has 0 saturated heterocycles. The number of hydrogen-bond donors (Lipinski definition) is 2. The summed E-state index contributed by atoms with van der Waals surface area (Å²) in [5.41, 5.74) is 0. The number of hydrogen-bond acceptors (Lipinski definition) is 3. The Morgan fingerprint density at radius 2 is 2.00 bits per heavy atom. The fourth-order valence-electron chi connectivity index (χ4n) is 2.46. The van der Waals surface area contributed by atoms with Crippen LogP contribution in [0.3, 0.4) is 0 Å². The Bertz CT molecular complexity index is 476. The Morgan fingerprint density at radius 3 is 2.55 bits per heavy atom. The molecule has 0 amide bonds. The molecular weight excluding hydrogens is 391 g/mol. The molecule has 126 valence electrons. The molecular formula is C15H29IN6. The fraction of sp³-hybridized carbons (Fsp3) is 0.800. The summed E-state index contributed by atoms with van der Waals surface area (Å²) in [6.07, 6.45) is 5.12. The Balaban J connectivity index is 0.00000242. The highest BCUT2D eigenvalue weighted by Crippen LogP contribution is 2.17. The molecule has 2 N–H and O–H groups in total. The topological polar surface area (TPSA) is 67.1 Å². The lowest BCUT2D eigenvalue weighted by Crippen LogP contribution is -2.43. The van der Waals surface area contributed by atoms with Crippen LogP contribution < -0.4 is 10.6 Å². The zero-order chi connectivity index (χ0) is 15.2. The minimum absolute atomic E-state index is 0. The van der Waals surface area contributed by atoms with Crippen LogP contribution in [0.5, 0.6) is 0 Å². The van der Waals surface area contributed by atoms with Gasteiger partial charge in [-0.2, -0.15) is 0 Å². The summed E-state index contributed by atoms with van der Waals surface area (Å²) in [6, 6.07) is 0.560. The van der Waals surface area contributed by atoms with Gasteiger partial charge < -0.3 is 15.2 Å². The van der Waals surface area contributed by atoms with E-state index >= 15 is 0 Å². The van der Waals surface area contributed by atoms with Gasteiger partial charge in [-0.3, -0.25) is 0 Å². The van der Waals surface area contributed by atoms with Crippen molar-refractivity contribution in [2.45, 2.75) is 59.0 Å². The summed E-state index contributed by atoms with van der Waals surface area (Å²) in [7, 11) is 1.98. The standard InChI is InChI=1S/C15H28N6.HI/c1-11(2)9-16-15(18-13-7-5-6-8-13)17-10-14-20-19-12(3)21(14)4;/h11,13H,5-10H2,1-4H3,(H2,16,17,18);1H. The van der Waals surface area contributed by atoms with Crippen molar-refractivity contribution in [3.63, 3.8) is 0 Å². The summed E-state index contributed by atoms with van der Waals surface area (Å²) in [5, 5.41) is 15.2. The smallest absolute Gasteiger partial charge is 0.191 e. The van der Waals surface area contributed by atoms with Gasteiger partial charge in [0.2, 0.25) is 0 Å². The third-order valence-electron chi connectivity index (χ3n) is 3.94. The van der Waals surface area contributed by atoms with Crippen LogP contribution in [0.25, 0.3) is 0 Å². The molecule has 1 heterocycles. The lowest BCUT2D eigenvalue weighted by atomic mass is 10.2. The molecule has 1 aromatic heterocycles. The molecule has 0 atom stereocenters. The maximum absolute atomic E-state index is 4.67. The van der Waals surface area contributed by atoms with E-state index in [-0.39, 0.29) is 24.0 Å². The van der Waals surface area contributed by atoms with Gasteiger partial charge in [-0.1, -0.05) is 26.7 Å². The summed E-state index contributed by atoms with van der Waals surface area (Å²) in [6.45, 7) is 7.83. The van der Waals surface area contributed by atoms with E-state index in [4.69, 9.17) is 0 Å². The zero-order valence-electron chi connectivity index (χ0n) is 14.1. The van der Waals surface area contributed by atoms with Crippen molar-refractivity contribution in [1.82, 2.24) is 25.4 Å². The molecule has 0 spiro atoms. The van der Waals surface area contributed by atoms with Crippen LogP contribution in [-0.4, -0.2) is 33.3 Å². The lowest BCUT2D eigenvalue weighted by molar-refractivity contribution is 0.579. The van der Waals surface area contributed by atoms with Gasteiger partial charge in [-0.15, -0.1) is 34.2 Å². The molecule has 0 radical (unpaired) electrons. The average molecular weight is 420 g/mol. The van der Waals surface area contributed by atoms with Gasteiger partial charge in [-0.05, 0) is 25.7 Å². The van der Waals surface area contributed by atoms with Crippen molar-refractivity contribution in [3.8, 4) is 0 Å². The Hall–Kier alpha value is -0.860. The first-order chi connectivity index (χ1) is 10.1. The molecule has 0 bridgehead atoms. The van der Waals surface area contributed by atoms with Crippen LogP contribution in [0.1, 0.15) is 51.2 Å². The Labute approximate surface area is 150 Å². The third-order valence-corrected chi connectivity index (χ3v) is 3.94. The highest BCUT2D eigenvalue weighted by Gasteiger charge is 2.16. The monoisotopic (exact) mass is 420 g/mol. The van der Waals surface area contributed by atoms with Gasteiger partial charge in [0.05, 0.1) is 0 Å². The van der Waals surface area contributed by atoms with Crippen molar-refractivity contribution in [2.24, 2.45) is 18.0 Å². The maximum atomic E-state index is 4.67. The molecule has 0 aliphatic heterocycles. The normalized spacial score (nSPS) is 16.0. The first-order valence-corrected chi connectivity index (χ1v) is 7.96. The van der Waals surface area contributed by atoms with E-state index in [0.717, 1.165) is 24.2 Å². The molecule has 1 aromatic rings.